The van der Waals surface area contributed by atoms with Gasteiger partial charge in [-0.2, -0.15) is 0 Å². The number of hydrogen-bond acceptors (Lipinski definition) is 6. The predicted molar refractivity (Wildman–Crippen MR) is 149 cm³/mol. The maximum atomic E-state index is 12.9. The van der Waals surface area contributed by atoms with Crippen molar-refractivity contribution in [3.05, 3.63) is 84.2 Å². The Kier molecular flexibility index (Phi) is 7.39. The zero-order chi connectivity index (χ0) is 26.6. The molecular formula is C29H32N6O3. The second-order valence-corrected chi connectivity index (χ2v) is 9.60. The fraction of sp³-hybridized carbons (Fsp3) is 0.276. The van der Waals surface area contributed by atoms with Gasteiger partial charge in [-0.3, -0.25) is 14.3 Å². The molecule has 9 nitrogen and oxygen atoms in total. The van der Waals surface area contributed by atoms with Gasteiger partial charge in [0.05, 0.1) is 11.6 Å². The van der Waals surface area contributed by atoms with E-state index in [1.165, 1.54) is 0 Å². The molecule has 0 bridgehead atoms. The third-order valence-electron chi connectivity index (χ3n) is 7.05. The first-order chi connectivity index (χ1) is 18.4. The number of anilines is 3. The van der Waals surface area contributed by atoms with E-state index < -0.39 is 0 Å². The first-order valence-corrected chi connectivity index (χ1v) is 12.7. The van der Waals surface area contributed by atoms with Crippen LogP contribution in [-0.2, 0) is 6.54 Å². The Morgan fingerprint density at radius 1 is 1.03 bits per heavy atom. The van der Waals surface area contributed by atoms with Gasteiger partial charge in [0.15, 0.2) is 0 Å². The molecule has 0 saturated carbocycles. The predicted octanol–water partition coefficient (Wildman–Crippen LogP) is 4.20. The van der Waals surface area contributed by atoms with Crippen molar-refractivity contribution in [1.82, 2.24) is 19.8 Å². The molecule has 196 valence electrons. The highest BCUT2D eigenvalue weighted by molar-refractivity contribution is 6.04. The number of likely N-dealkylation sites (tertiary alicyclic amines) is 1. The van der Waals surface area contributed by atoms with Crippen molar-refractivity contribution in [2.24, 2.45) is 0 Å². The average Bonchev–Trinajstić information content (AvgIpc) is 3.37. The number of rotatable bonds is 6. The molecule has 1 aliphatic heterocycles. The fourth-order valence-corrected chi connectivity index (χ4v) is 4.77. The summed E-state index contributed by atoms with van der Waals surface area (Å²) in [6.45, 7) is 2.58. The third kappa shape index (κ3) is 5.53. The van der Waals surface area contributed by atoms with Crippen LogP contribution in [0.2, 0.25) is 0 Å². The monoisotopic (exact) mass is 512 g/mol. The molecule has 0 aliphatic carbocycles. The highest BCUT2D eigenvalue weighted by Gasteiger charge is 2.17. The number of hydrogen-bond donors (Lipinski definition) is 3. The number of aliphatic hydroxyl groups is 1. The zero-order valence-corrected chi connectivity index (χ0v) is 21.6. The topological polar surface area (TPSA) is 103 Å². The molecule has 1 fully saturated rings. The maximum Gasteiger partial charge on any atom is 0.325 e. The molecule has 0 radical (unpaired) electrons. The summed E-state index contributed by atoms with van der Waals surface area (Å²) in [5.41, 5.74) is 4.33. The van der Waals surface area contributed by atoms with E-state index in [1.54, 1.807) is 24.0 Å². The van der Waals surface area contributed by atoms with Gasteiger partial charge in [-0.1, -0.05) is 12.1 Å². The van der Waals surface area contributed by atoms with Crippen LogP contribution in [0.15, 0.2) is 73.1 Å². The summed E-state index contributed by atoms with van der Waals surface area (Å²) in [6.07, 6.45) is 4.85. The summed E-state index contributed by atoms with van der Waals surface area (Å²) in [5.74, 6) is 0.240. The maximum absolute atomic E-state index is 12.9. The molecule has 2 aromatic heterocycles. The summed E-state index contributed by atoms with van der Waals surface area (Å²) < 4.78 is 1.57. The van der Waals surface area contributed by atoms with Crippen LogP contribution in [-0.4, -0.2) is 64.8 Å². The summed E-state index contributed by atoms with van der Waals surface area (Å²) in [7, 11) is 3.55. The van der Waals surface area contributed by atoms with E-state index >= 15 is 0 Å². The molecule has 9 heteroatoms. The number of aromatic nitrogens is 2. The Labute approximate surface area is 221 Å². The van der Waals surface area contributed by atoms with Crippen LogP contribution in [0, 0.1) is 0 Å². The van der Waals surface area contributed by atoms with Crippen LogP contribution in [0.3, 0.4) is 0 Å². The number of aliphatic hydroxyl groups excluding tert-OH is 1. The van der Waals surface area contributed by atoms with Gasteiger partial charge in [0.2, 0.25) is 0 Å². The Hall–Kier alpha value is -4.21. The molecule has 0 unspecified atom stereocenters. The minimum absolute atomic E-state index is 0.184. The van der Waals surface area contributed by atoms with Crippen molar-refractivity contribution in [1.29, 1.82) is 0 Å². The van der Waals surface area contributed by atoms with Crippen LogP contribution in [0.5, 0.6) is 0 Å². The zero-order valence-electron chi connectivity index (χ0n) is 21.6. The molecule has 5 rings (SSSR count). The van der Waals surface area contributed by atoms with Gasteiger partial charge in [-0.15, -0.1) is 0 Å². The lowest BCUT2D eigenvalue weighted by Crippen LogP contribution is -2.35. The van der Waals surface area contributed by atoms with Gasteiger partial charge in [-0.25, -0.2) is 9.78 Å². The number of pyridine rings is 1. The fourth-order valence-electron chi connectivity index (χ4n) is 4.77. The lowest BCUT2D eigenvalue weighted by molar-refractivity contribution is 0.0792. The number of amides is 2. The standard InChI is InChI=1S/C29H32N6O3/c1-30-29(38)35-16-10-22-17-23(7-8-26(22)35)33(2)24-9-13-31-27(18-24)32-28(37)21-5-3-20(4-6-21)19-34-14-11-25(36)12-15-34/h3-10,13,16-18,25,36H,11-12,14-15,19H2,1-2H3,(H,30,38)(H,31,32,37). The second-order valence-electron chi connectivity index (χ2n) is 9.60. The third-order valence-corrected chi connectivity index (χ3v) is 7.05. The summed E-state index contributed by atoms with van der Waals surface area (Å²) in [6, 6.07) is 18.9. The summed E-state index contributed by atoms with van der Waals surface area (Å²) in [4.78, 5) is 33.6. The average molecular weight is 513 g/mol. The van der Waals surface area contributed by atoms with E-state index in [4.69, 9.17) is 0 Å². The normalized spacial score (nSPS) is 14.4. The molecule has 3 N–H and O–H groups in total. The molecule has 2 amide bonds. The van der Waals surface area contributed by atoms with E-state index in [1.807, 2.05) is 72.6 Å². The molecule has 3 heterocycles. The van der Waals surface area contributed by atoms with Gasteiger partial charge < -0.3 is 20.6 Å². The lowest BCUT2D eigenvalue weighted by Gasteiger charge is -2.29. The number of piperidine rings is 1. The smallest absolute Gasteiger partial charge is 0.325 e. The molecule has 1 aliphatic rings. The van der Waals surface area contributed by atoms with Gasteiger partial charge >= 0.3 is 6.03 Å². The number of carbonyl (C=O) groups excluding carboxylic acids is 2. The van der Waals surface area contributed by atoms with E-state index in [2.05, 4.69) is 20.5 Å². The lowest BCUT2D eigenvalue weighted by atomic mass is 10.1. The Balaban J connectivity index is 1.25. The number of benzene rings is 2. The minimum atomic E-state index is -0.220. The number of carbonyl (C=O) groups is 2. The summed E-state index contributed by atoms with van der Waals surface area (Å²) in [5, 5.41) is 16.2. The number of nitrogens with one attached hydrogen (secondary N) is 2. The van der Waals surface area contributed by atoms with Gasteiger partial charge in [0.25, 0.3) is 5.91 Å². The van der Waals surface area contributed by atoms with Crippen molar-refractivity contribution < 1.29 is 14.7 Å². The van der Waals surface area contributed by atoms with Crippen molar-refractivity contribution >= 4 is 40.0 Å². The molecule has 0 spiro atoms. The molecular weight excluding hydrogens is 480 g/mol. The Morgan fingerprint density at radius 3 is 2.50 bits per heavy atom. The van der Waals surface area contributed by atoms with Crippen LogP contribution >= 0.6 is 0 Å². The van der Waals surface area contributed by atoms with E-state index in [-0.39, 0.29) is 18.0 Å². The second kappa shape index (κ2) is 11.0. The first kappa shape index (κ1) is 25.4. The molecule has 4 aromatic rings. The van der Waals surface area contributed by atoms with Gasteiger partial charge in [-0.05, 0) is 60.9 Å². The summed E-state index contributed by atoms with van der Waals surface area (Å²) >= 11 is 0. The highest BCUT2D eigenvalue weighted by Crippen LogP contribution is 2.29. The van der Waals surface area contributed by atoms with Gasteiger partial charge in [0, 0.05) is 74.5 Å². The van der Waals surface area contributed by atoms with Gasteiger partial charge in [0.1, 0.15) is 5.82 Å². The highest BCUT2D eigenvalue weighted by atomic mass is 16.3. The van der Waals surface area contributed by atoms with Crippen LogP contribution < -0.4 is 15.5 Å². The van der Waals surface area contributed by atoms with E-state index in [9.17, 15) is 14.7 Å². The number of fused-ring (bicyclic) bond motifs is 1. The molecule has 0 atom stereocenters. The van der Waals surface area contributed by atoms with Crippen molar-refractivity contribution in [2.45, 2.75) is 25.5 Å². The molecule has 1 saturated heterocycles. The minimum Gasteiger partial charge on any atom is -0.393 e. The van der Waals surface area contributed by atoms with Crippen molar-refractivity contribution in [3.8, 4) is 0 Å². The van der Waals surface area contributed by atoms with Crippen LogP contribution in [0.4, 0.5) is 22.0 Å². The Bertz CT molecular complexity index is 1440. The van der Waals surface area contributed by atoms with E-state index in [0.717, 1.165) is 60.3 Å². The van der Waals surface area contributed by atoms with Crippen molar-refractivity contribution in [2.75, 3.05) is 37.4 Å². The number of nitrogens with zero attached hydrogens (tertiary/aromatic N) is 4. The SMILES string of the molecule is CNC(=O)n1ccc2cc(N(C)c3ccnc(NC(=O)c4ccc(CN5CCC(O)CC5)cc4)c3)ccc21. The van der Waals surface area contributed by atoms with E-state index in [0.29, 0.717) is 11.4 Å². The van der Waals surface area contributed by atoms with Crippen molar-refractivity contribution in [3.63, 3.8) is 0 Å². The quantitative estimate of drug-likeness (QED) is 0.358. The largest absolute Gasteiger partial charge is 0.393 e. The van der Waals surface area contributed by atoms with Crippen LogP contribution in [0.25, 0.3) is 10.9 Å². The molecule has 2 aromatic carbocycles. The van der Waals surface area contributed by atoms with Crippen LogP contribution in [0.1, 0.15) is 28.8 Å². The Morgan fingerprint density at radius 2 is 1.76 bits per heavy atom. The molecule has 38 heavy (non-hydrogen) atoms. The first-order valence-electron chi connectivity index (χ1n) is 12.7.